The highest BCUT2D eigenvalue weighted by molar-refractivity contribution is 5.48. The Morgan fingerprint density at radius 1 is 1.33 bits per heavy atom. The lowest BCUT2D eigenvalue weighted by Gasteiger charge is -2.31. The maximum absolute atomic E-state index is 5.94. The lowest BCUT2D eigenvalue weighted by atomic mass is 10.1. The van der Waals surface area contributed by atoms with E-state index in [2.05, 4.69) is 15.0 Å². The molecular weight excluding hydrogens is 266 g/mol. The fourth-order valence-electron chi connectivity index (χ4n) is 2.51. The summed E-state index contributed by atoms with van der Waals surface area (Å²) in [6, 6.07) is 4.31. The van der Waals surface area contributed by atoms with Gasteiger partial charge < -0.3 is 15.4 Å². The molecule has 2 aromatic rings. The maximum atomic E-state index is 5.94. The lowest BCUT2D eigenvalue weighted by molar-refractivity contribution is 0.299. The van der Waals surface area contributed by atoms with E-state index in [1.54, 1.807) is 10.9 Å². The number of ether oxygens (including phenoxy) is 1. The number of nitrogens with zero attached hydrogens (tertiary/aromatic N) is 4. The van der Waals surface area contributed by atoms with E-state index in [9.17, 15) is 0 Å². The second kappa shape index (κ2) is 6.13. The van der Waals surface area contributed by atoms with Crippen LogP contribution in [0, 0.1) is 0 Å². The zero-order chi connectivity index (χ0) is 14.7. The van der Waals surface area contributed by atoms with Gasteiger partial charge in [-0.25, -0.2) is 0 Å². The Hall–Kier alpha value is -2.08. The van der Waals surface area contributed by atoms with Crippen molar-refractivity contribution in [3.8, 4) is 5.75 Å². The van der Waals surface area contributed by atoms with E-state index >= 15 is 0 Å². The fraction of sp³-hybridized carbons (Fsp3) is 0.467. The third kappa shape index (κ3) is 3.52. The van der Waals surface area contributed by atoms with Gasteiger partial charge in [-0.2, -0.15) is 5.10 Å². The summed E-state index contributed by atoms with van der Waals surface area (Å²) in [7, 11) is 1.90. The molecule has 0 radical (unpaired) electrons. The number of piperidine rings is 1. The van der Waals surface area contributed by atoms with Gasteiger partial charge in [0.05, 0.1) is 23.8 Å². The number of nitrogens with two attached hydrogens (primary N) is 1. The van der Waals surface area contributed by atoms with Gasteiger partial charge in [0, 0.05) is 38.4 Å². The first-order chi connectivity index (χ1) is 10.2. The van der Waals surface area contributed by atoms with E-state index in [1.807, 2.05) is 31.6 Å². The van der Waals surface area contributed by atoms with Crippen LogP contribution in [0.2, 0.25) is 0 Å². The van der Waals surface area contributed by atoms with E-state index in [0.717, 1.165) is 43.1 Å². The lowest BCUT2D eigenvalue weighted by Crippen LogP contribution is -2.39. The first-order valence-corrected chi connectivity index (χ1v) is 7.27. The van der Waals surface area contributed by atoms with Crippen LogP contribution in [-0.4, -0.2) is 33.9 Å². The Morgan fingerprint density at radius 2 is 2.14 bits per heavy atom. The molecule has 3 heterocycles. The quantitative estimate of drug-likeness (QED) is 0.918. The second-order valence-electron chi connectivity index (χ2n) is 5.47. The Kier molecular flexibility index (Phi) is 4.06. The van der Waals surface area contributed by atoms with Gasteiger partial charge in [0.25, 0.3) is 0 Å². The number of aromatic nitrogens is 3. The second-order valence-corrected chi connectivity index (χ2v) is 5.47. The van der Waals surface area contributed by atoms with Gasteiger partial charge in [-0.3, -0.25) is 9.67 Å². The van der Waals surface area contributed by atoms with E-state index in [4.69, 9.17) is 10.5 Å². The molecule has 0 unspecified atom stereocenters. The fourth-order valence-corrected chi connectivity index (χ4v) is 2.51. The maximum Gasteiger partial charge on any atom is 0.140 e. The number of anilines is 1. The first-order valence-electron chi connectivity index (χ1n) is 7.27. The summed E-state index contributed by atoms with van der Waals surface area (Å²) in [4.78, 5) is 6.58. The molecule has 21 heavy (non-hydrogen) atoms. The smallest absolute Gasteiger partial charge is 0.140 e. The van der Waals surface area contributed by atoms with E-state index in [0.29, 0.717) is 12.6 Å². The third-order valence-electron chi connectivity index (χ3n) is 3.76. The van der Waals surface area contributed by atoms with Crippen molar-refractivity contribution in [1.29, 1.82) is 0 Å². The molecule has 1 aliphatic rings. The van der Waals surface area contributed by atoms with E-state index in [-0.39, 0.29) is 0 Å². The van der Waals surface area contributed by atoms with Gasteiger partial charge in [-0.1, -0.05) is 0 Å². The Labute approximate surface area is 124 Å². The number of rotatable bonds is 4. The van der Waals surface area contributed by atoms with Crippen molar-refractivity contribution in [3.63, 3.8) is 0 Å². The normalized spacial score (nSPS) is 16.2. The van der Waals surface area contributed by atoms with Crippen LogP contribution in [0.3, 0.4) is 0 Å². The third-order valence-corrected chi connectivity index (χ3v) is 3.76. The number of aryl methyl sites for hydroxylation is 1. The number of hydrogen-bond donors (Lipinski definition) is 1. The predicted molar refractivity (Wildman–Crippen MR) is 81.2 cm³/mol. The van der Waals surface area contributed by atoms with Crippen LogP contribution < -0.4 is 15.4 Å². The van der Waals surface area contributed by atoms with Crippen LogP contribution >= 0.6 is 0 Å². The molecule has 0 amide bonds. The summed E-state index contributed by atoms with van der Waals surface area (Å²) >= 11 is 0. The van der Waals surface area contributed by atoms with Crippen molar-refractivity contribution in [2.24, 2.45) is 12.8 Å². The Balaban J connectivity index is 1.63. The Bertz CT molecular complexity index is 589. The van der Waals surface area contributed by atoms with Crippen LogP contribution in [0.5, 0.6) is 5.75 Å². The van der Waals surface area contributed by atoms with Gasteiger partial charge in [0.15, 0.2) is 0 Å². The van der Waals surface area contributed by atoms with Crippen molar-refractivity contribution in [2.75, 3.05) is 18.0 Å². The van der Waals surface area contributed by atoms with Gasteiger partial charge in [0.2, 0.25) is 0 Å². The Morgan fingerprint density at radius 3 is 2.86 bits per heavy atom. The average molecular weight is 287 g/mol. The molecule has 6 heteroatoms. The molecule has 1 fully saturated rings. The molecule has 0 aliphatic carbocycles. The molecule has 3 rings (SSSR count). The van der Waals surface area contributed by atoms with Gasteiger partial charge >= 0.3 is 0 Å². The van der Waals surface area contributed by atoms with E-state index < -0.39 is 0 Å². The molecule has 1 saturated heterocycles. The summed E-state index contributed by atoms with van der Waals surface area (Å²) in [6.07, 6.45) is 7.58. The molecule has 0 spiro atoms. The minimum Gasteiger partial charge on any atom is -0.486 e. The standard InChI is InChI=1S/C15H21N5O/c1-19-5-4-13(18-19)11-21-15-8-14(9-17-10-15)20-6-2-12(16)3-7-20/h4-5,8-10,12H,2-3,6-7,11,16H2,1H3. The summed E-state index contributed by atoms with van der Waals surface area (Å²) in [5.41, 5.74) is 7.95. The molecule has 0 atom stereocenters. The minimum atomic E-state index is 0.331. The molecule has 0 saturated carbocycles. The molecule has 2 aromatic heterocycles. The topological polar surface area (TPSA) is 69.2 Å². The van der Waals surface area contributed by atoms with Crippen LogP contribution in [0.25, 0.3) is 0 Å². The van der Waals surface area contributed by atoms with Crippen molar-refractivity contribution < 1.29 is 4.74 Å². The van der Waals surface area contributed by atoms with Crippen LogP contribution in [-0.2, 0) is 13.7 Å². The van der Waals surface area contributed by atoms with Gasteiger partial charge in [-0.15, -0.1) is 0 Å². The first kappa shape index (κ1) is 13.9. The summed E-state index contributed by atoms with van der Waals surface area (Å²) in [6.45, 7) is 2.41. The minimum absolute atomic E-state index is 0.331. The highest BCUT2D eigenvalue weighted by Gasteiger charge is 2.16. The highest BCUT2D eigenvalue weighted by Crippen LogP contribution is 2.23. The van der Waals surface area contributed by atoms with Crippen LogP contribution in [0.1, 0.15) is 18.5 Å². The molecular formula is C15H21N5O. The number of pyridine rings is 1. The van der Waals surface area contributed by atoms with Gasteiger partial charge in [0.1, 0.15) is 12.4 Å². The molecule has 0 aromatic carbocycles. The summed E-state index contributed by atoms with van der Waals surface area (Å²) in [5, 5.41) is 4.29. The van der Waals surface area contributed by atoms with Crippen molar-refractivity contribution in [2.45, 2.75) is 25.5 Å². The largest absolute Gasteiger partial charge is 0.486 e. The summed E-state index contributed by atoms with van der Waals surface area (Å²) < 4.78 is 7.54. The number of hydrogen-bond acceptors (Lipinski definition) is 5. The monoisotopic (exact) mass is 287 g/mol. The van der Waals surface area contributed by atoms with Gasteiger partial charge in [-0.05, 0) is 18.9 Å². The van der Waals surface area contributed by atoms with Crippen molar-refractivity contribution in [3.05, 3.63) is 36.4 Å². The van der Waals surface area contributed by atoms with Crippen molar-refractivity contribution >= 4 is 5.69 Å². The van der Waals surface area contributed by atoms with Crippen LogP contribution in [0.15, 0.2) is 30.7 Å². The molecule has 6 nitrogen and oxygen atoms in total. The molecule has 1 aliphatic heterocycles. The molecule has 0 bridgehead atoms. The van der Waals surface area contributed by atoms with Crippen molar-refractivity contribution in [1.82, 2.24) is 14.8 Å². The summed E-state index contributed by atoms with van der Waals surface area (Å²) in [5.74, 6) is 0.771. The zero-order valence-corrected chi connectivity index (χ0v) is 12.3. The van der Waals surface area contributed by atoms with Crippen LogP contribution in [0.4, 0.5) is 5.69 Å². The zero-order valence-electron chi connectivity index (χ0n) is 12.3. The molecule has 2 N–H and O–H groups in total. The average Bonchev–Trinajstić information content (AvgIpc) is 2.92. The molecule has 112 valence electrons. The van der Waals surface area contributed by atoms with E-state index in [1.165, 1.54) is 0 Å². The SMILES string of the molecule is Cn1ccc(COc2cncc(N3CCC(N)CC3)c2)n1. The predicted octanol–water partition coefficient (Wildman–Crippen LogP) is 1.32. The highest BCUT2D eigenvalue weighted by atomic mass is 16.5.